The molecule has 2 rings (SSSR count). The number of carboxylic acids is 1. The molecule has 0 bridgehead atoms. The van der Waals surface area contributed by atoms with Gasteiger partial charge in [0.15, 0.2) is 6.10 Å². The fourth-order valence-electron chi connectivity index (χ4n) is 2.59. The normalized spacial score (nSPS) is 20.0. The number of rotatable bonds is 5. The zero-order valence-electron chi connectivity index (χ0n) is 12.2. The lowest BCUT2D eigenvalue weighted by molar-refractivity contribution is -0.159. The zero-order chi connectivity index (χ0) is 15.2. The van der Waals surface area contributed by atoms with E-state index < -0.39 is 12.1 Å². The zero-order valence-corrected chi connectivity index (χ0v) is 12.2. The van der Waals surface area contributed by atoms with Gasteiger partial charge in [-0.05, 0) is 17.9 Å². The molecule has 2 atom stereocenters. The van der Waals surface area contributed by atoms with E-state index in [4.69, 9.17) is 9.84 Å². The molecule has 1 aromatic rings. The fourth-order valence-corrected chi connectivity index (χ4v) is 2.59. The summed E-state index contributed by atoms with van der Waals surface area (Å²) < 4.78 is 5.14. The van der Waals surface area contributed by atoms with Crippen molar-refractivity contribution >= 4 is 11.9 Å². The molecule has 0 aromatic heterocycles. The van der Waals surface area contributed by atoms with E-state index in [1.54, 1.807) is 4.90 Å². The highest BCUT2D eigenvalue weighted by Gasteiger charge is 2.29. The topological polar surface area (TPSA) is 66.8 Å². The summed E-state index contributed by atoms with van der Waals surface area (Å²) in [4.78, 5) is 25.0. The van der Waals surface area contributed by atoms with Gasteiger partial charge in [0.1, 0.15) is 0 Å². The minimum Gasteiger partial charge on any atom is -0.479 e. The third-order valence-corrected chi connectivity index (χ3v) is 3.88. The van der Waals surface area contributed by atoms with Crippen LogP contribution in [0.1, 0.15) is 31.2 Å². The van der Waals surface area contributed by atoms with Gasteiger partial charge in [-0.25, -0.2) is 4.79 Å². The number of amides is 1. The van der Waals surface area contributed by atoms with Gasteiger partial charge in [0.05, 0.1) is 13.2 Å². The van der Waals surface area contributed by atoms with Crippen molar-refractivity contribution in [3.63, 3.8) is 0 Å². The van der Waals surface area contributed by atoms with Crippen molar-refractivity contribution in [3.05, 3.63) is 35.9 Å². The number of ether oxygens (including phenoxy) is 1. The molecule has 0 radical (unpaired) electrons. The van der Waals surface area contributed by atoms with Crippen LogP contribution in [-0.2, 0) is 14.3 Å². The van der Waals surface area contributed by atoms with Gasteiger partial charge in [0, 0.05) is 13.0 Å². The molecule has 2 unspecified atom stereocenters. The SMILES string of the molecule is CCC(CC(=O)N1CCOC(C(=O)O)C1)c1ccccc1. The molecule has 0 aliphatic carbocycles. The molecule has 5 nitrogen and oxygen atoms in total. The number of benzene rings is 1. The summed E-state index contributed by atoms with van der Waals surface area (Å²) in [7, 11) is 0. The van der Waals surface area contributed by atoms with Crippen LogP contribution in [0.15, 0.2) is 30.3 Å². The lowest BCUT2D eigenvalue weighted by Gasteiger charge is -2.32. The van der Waals surface area contributed by atoms with Gasteiger partial charge in [0.25, 0.3) is 0 Å². The second kappa shape index (κ2) is 7.22. The number of carboxylic acid groups (broad SMARTS) is 1. The predicted molar refractivity (Wildman–Crippen MR) is 78.0 cm³/mol. The lowest BCUT2D eigenvalue weighted by atomic mass is 9.92. The number of carbonyl (C=O) groups excluding carboxylic acids is 1. The molecule has 5 heteroatoms. The Morgan fingerprint density at radius 1 is 1.38 bits per heavy atom. The van der Waals surface area contributed by atoms with Crippen LogP contribution in [0, 0.1) is 0 Å². The Morgan fingerprint density at radius 3 is 2.71 bits per heavy atom. The number of aliphatic carboxylic acids is 1. The van der Waals surface area contributed by atoms with E-state index in [2.05, 4.69) is 6.92 Å². The first-order valence-corrected chi connectivity index (χ1v) is 7.29. The van der Waals surface area contributed by atoms with Crippen molar-refractivity contribution in [2.45, 2.75) is 31.8 Å². The van der Waals surface area contributed by atoms with Gasteiger partial charge in [-0.2, -0.15) is 0 Å². The van der Waals surface area contributed by atoms with Crippen LogP contribution in [-0.4, -0.2) is 47.7 Å². The van der Waals surface area contributed by atoms with E-state index in [-0.39, 0.29) is 25.0 Å². The Hall–Kier alpha value is -1.88. The first-order valence-electron chi connectivity index (χ1n) is 7.29. The van der Waals surface area contributed by atoms with E-state index in [9.17, 15) is 9.59 Å². The highest BCUT2D eigenvalue weighted by Crippen LogP contribution is 2.24. The van der Waals surface area contributed by atoms with Gasteiger partial charge in [-0.15, -0.1) is 0 Å². The molecular formula is C16H21NO4. The summed E-state index contributed by atoms with van der Waals surface area (Å²) in [5.74, 6) is -0.840. The number of hydrogen-bond donors (Lipinski definition) is 1. The summed E-state index contributed by atoms with van der Waals surface area (Å²) >= 11 is 0. The second-order valence-electron chi connectivity index (χ2n) is 5.26. The molecule has 0 spiro atoms. The van der Waals surface area contributed by atoms with Crippen molar-refractivity contribution in [2.24, 2.45) is 0 Å². The van der Waals surface area contributed by atoms with Crippen molar-refractivity contribution < 1.29 is 19.4 Å². The van der Waals surface area contributed by atoms with Crippen molar-refractivity contribution in [1.82, 2.24) is 4.90 Å². The molecule has 1 N–H and O–H groups in total. The maximum atomic E-state index is 12.4. The lowest BCUT2D eigenvalue weighted by Crippen LogP contribution is -2.48. The summed E-state index contributed by atoms with van der Waals surface area (Å²) in [6, 6.07) is 9.95. The van der Waals surface area contributed by atoms with Crippen LogP contribution in [0.2, 0.25) is 0 Å². The van der Waals surface area contributed by atoms with Crippen molar-refractivity contribution in [2.75, 3.05) is 19.7 Å². The fraction of sp³-hybridized carbons (Fsp3) is 0.500. The van der Waals surface area contributed by atoms with Gasteiger partial charge in [0.2, 0.25) is 5.91 Å². The van der Waals surface area contributed by atoms with Crippen molar-refractivity contribution in [3.8, 4) is 0 Å². The average molecular weight is 291 g/mol. The maximum Gasteiger partial charge on any atom is 0.334 e. The van der Waals surface area contributed by atoms with E-state index in [1.165, 1.54) is 0 Å². The standard InChI is InChI=1S/C16H21NO4/c1-2-12(13-6-4-3-5-7-13)10-15(18)17-8-9-21-14(11-17)16(19)20/h3-7,12,14H,2,8-11H2,1H3,(H,19,20). The highest BCUT2D eigenvalue weighted by molar-refractivity contribution is 5.79. The molecule has 1 saturated heterocycles. The van der Waals surface area contributed by atoms with Gasteiger partial charge in [-0.1, -0.05) is 37.3 Å². The molecule has 114 valence electrons. The first-order chi connectivity index (χ1) is 10.1. The van der Waals surface area contributed by atoms with Crippen LogP contribution < -0.4 is 0 Å². The molecule has 21 heavy (non-hydrogen) atoms. The Kier molecular flexibility index (Phi) is 5.33. The summed E-state index contributed by atoms with van der Waals surface area (Å²) in [5.41, 5.74) is 1.15. The quantitative estimate of drug-likeness (QED) is 0.899. The molecule has 1 fully saturated rings. The van der Waals surface area contributed by atoms with Crippen LogP contribution in [0.3, 0.4) is 0 Å². The summed E-state index contributed by atoms with van der Waals surface area (Å²) in [6.45, 7) is 2.95. The number of hydrogen-bond acceptors (Lipinski definition) is 3. The maximum absolute atomic E-state index is 12.4. The Balaban J connectivity index is 1.98. The van der Waals surface area contributed by atoms with Crippen LogP contribution >= 0.6 is 0 Å². The predicted octanol–water partition coefficient (Wildman–Crippen LogP) is 1.88. The third kappa shape index (κ3) is 4.04. The number of morpholine rings is 1. The van der Waals surface area contributed by atoms with Crippen LogP contribution in [0.25, 0.3) is 0 Å². The first kappa shape index (κ1) is 15.5. The Morgan fingerprint density at radius 2 is 2.10 bits per heavy atom. The largest absolute Gasteiger partial charge is 0.479 e. The van der Waals surface area contributed by atoms with Gasteiger partial charge < -0.3 is 14.7 Å². The number of nitrogens with zero attached hydrogens (tertiary/aromatic N) is 1. The minimum atomic E-state index is -1.01. The third-order valence-electron chi connectivity index (χ3n) is 3.88. The summed E-state index contributed by atoms with van der Waals surface area (Å²) in [6.07, 6.45) is 0.384. The molecule has 1 amide bonds. The van der Waals surface area contributed by atoms with Crippen LogP contribution in [0.4, 0.5) is 0 Å². The van der Waals surface area contributed by atoms with Crippen LogP contribution in [0.5, 0.6) is 0 Å². The smallest absolute Gasteiger partial charge is 0.334 e. The Bertz CT molecular complexity index is 488. The van der Waals surface area contributed by atoms with E-state index >= 15 is 0 Å². The van der Waals surface area contributed by atoms with Gasteiger partial charge >= 0.3 is 5.97 Å². The molecule has 1 heterocycles. The minimum absolute atomic E-state index is 0.000234. The molecular weight excluding hydrogens is 270 g/mol. The van der Waals surface area contributed by atoms with E-state index in [1.807, 2.05) is 30.3 Å². The summed E-state index contributed by atoms with van der Waals surface area (Å²) in [5, 5.41) is 8.98. The molecule has 0 saturated carbocycles. The van der Waals surface area contributed by atoms with Crippen molar-refractivity contribution in [1.29, 1.82) is 0 Å². The molecule has 1 aliphatic rings. The van der Waals surface area contributed by atoms with E-state index in [0.29, 0.717) is 13.0 Å². The highest BCUT2D eigenvalue weighted by atomic mass is 16.5. The Labute approximate surface area is 124 Å². The van der Waals surface area contributed by atoms with Gasteiger partial charge in [-0.3, -0.25) is 4.79 Å². The number of carbonyl (C=O) groups is 2. The monoisotopic (exact) mass is 291 g/mol. The van der Waals surface area contributed by atoms with E-state index in [0.717, 1.165) is 12.0 Å². The molecule has 1 aliphatic heterocycles. The average Bonchev–Trinajstić information content (AvgIpc) is 2.53. The molecule has 1 aromatic carbocycles. The second-order valence-corrected chi connectivity index (χ2v) is 5.26.